The van der Waals surface area contributed by atoms with Gasteiger partial charge in [0.25, 0.3) is 0 Å². The maximum atomic E-state index is 4.97. The van der Waals surface area contributed by atoms with Crippen LogP contribution in [0, 0.1) is 0 Å². The van der Waals surface area contributed by atoms with E-state index in [1.807, 2.05) is 73.3 Å². The van der Waals surface area contributed by atoms with Crippen LogP contribution in [0.25, 0.3) is 72.0 Å². The van der Waals surface area contributed by atoms with E-state index in [4.69, 9.17) is 9.97 Å². The average molecular weight is 615 g/mol. The summed E-state index contributed by atoms with van der Waals surface area (Å²) in [5, 5.41) is 4.75. The lowest BCUT2D eigenvalue weighted by atomic mass is 9.90. The van der Waals surface area contributed by atoms with E-state index in [1.165, 1.54) is 27.1 Å². The van der Waals surface area contributed by atoms with Gasteiger partial charge in [-0.3, -0.25) is 19.4 Å². The van der Waals surface area contributed by atoms with Crippen LogP contribution < -0.4 is 4.90 Å². The molecule has 6 heteroatoms. The first kappa shape index (κ1) is 26.5. The highest BCUT2D eigenvalue weighted by molar-refractivity contribution is 6.18. The highest BCUT2D eigenvalue weighted by Gasteiger charge is 2.29. The van der Waals surface area contributed by atoms with Gasteiger partial charge in [0.15, 0.2) is 0 Å². The van der Waals surface area contributed by atoms with Gasteiger partial charge in [-0.05, 0) is 83.7 Å². The van der Waals surface area contributed by atoms with Crippen molar-refractivity contribution in [2.24, 2.45) is 0 Å². The number of anilines is 3. The number of benzene rings is 4. The summed E-state index contributed by atoms with van der Waals surface area (Å²) in [6.45, 7) is 0. The lowest BCUT2D eigenvalue weighted by molar-refractivity contribution is 1.08. The molecule has 6 nitrogen and oxygen atoms in total. The van der Waals surface area contributed by atoms with Crippen LogP contribution in [-0.4, -0.2) is 24.5 Å². The Kier molecular flexibility index (Phi) is 5.77. The van der Waals surface area contributed by atoms with Gasteiger partial charge in [-0.1, -0.05) is 60.7 Å². The molecule has 224 valence electrons. The average Bonchev–Trinajstić information content (AvgIpc) is 3.48. The first-order chi connectivity index (χ1) is 23.8. The van der Waals surface area contributed by atoms with Crippen LogP contribution in [0.5, 0.6) is 0 Å². The molecule has 5 aromatic heterocycles. The molecule has 1 aliphatic heterocycles. The third-order valence-electron chi connectivity index (χ3n) is 9.32. The number of hydrogen-bond donors (Lipinski definition) is 0. The normalized spacial score (nSPS) is 12.1. The van der Waals surface area contributed by atoms with Gasteiger partial charge < -0.3 is 0 Å². The van der Waals surface area contributed by atoms with Gasteiger partial charge in [-0.2, -0.15) is 0 Å². The molecule has 0 unspecified atom stereocenters. The van der Waals surface area contributed by atoms with Crippen LogP contribution in [-0.2, 0) is 0 Å². The Hall–Kier alpha value is -6.66. The number of rotatable bonds is 4. The Morgan fingerprint density at radius 1 is 0.417 bits per heavy atom. The van der Waals surface area contributed by atoms with Gasteiger partial charge in [-0.15, -0.1) is 0 Å². The molecule has 0 saturated carbocycles. The quantitative estimate of drug-likeness (QED) is 0.197. The summed E-state index contributed by atoms with van der Waals surface area (Å²) >= 11 is 0. The van der Waals surface area contributed by atoms with E-state index in [9.17, 15) is 0 Å². The third kappa shape index (κ3) is 3.99. The predicted molar refractivity (Wildman–Crippen MR) is 194 cm³/mol. The molecule has 0 amide bonds. The van der Waals surface area contributed by atoms with Gasteiger partial charge in [0.2, 0.25) is 0 Å². The van der Waals surface area contributed by atoms with Crippen LogP contribution in [0.2, 0.25) is 0 Å². The molecular weight excluding hydrogens is 589 g/mol. The second-order valence-corrected chi connectivity index (χ2v) is 12.0. The van der Waals surface area contributed by atoms with Gasteiger partial charge in [-0.25, -0.2) is 9.97 Å². The van der Waals surface area contributed by atoms with Crippen molar-refractivity contribution in [1.29, 1.82) is 0 Å². The summed E-state index contributed by atoms with van der Waals surface area (Å²) in [6, 6.07) is 46.6. The molecule has 10 rings (SSSR count). The Bertz CT molecular complexity index is 2680. The van der Waals surface area contributed by atoms with Crippen molar-refractivity contribution in [2.75, 3.05) is 4.90 Å². The smallest absolute Gasteiger partial charge is 0.138 e. The van der Waals surface area contributed by atoms with E-state index in [1.54, 1.807) is 0 Å². The minimum atomic E-state index is 0.832. The molecule has 0 radical (unpaired) electrons. The summed E-state index contributed by atoms with van der Waals surface area (Å²) in [5.41, 5.74) is 10.5. The zero-order valence-electron chi connectivity index (χ0n) is 25.7. The minimum absolute atomic E-state index is 0.832. The number of nitrogens with zero attached hydrogens (tertiary/aromatic N) is 6. The Balaban J connectivity index is 1.28. The number of aromatic nitrogens is 5. The third-order valence-corrected chi connectivity index (χ3v) is 9.32. The van der Waals surface area contributed by atoms with Crippen LogP contribution in [0.4, 0.5) is 17.2 Å². The van der Waals surface area contributed by atoms with E-state index >= 15 is 0 Å². The van der Waals surface area contributed by atoms with E-state index in [-0.39, 0.29) is 0 Å². The molecule has 9 aromatic rings. The molecular formula is C42H26N6. The van der Waals surface area contributed by atoms with Gasteiger partial charge in [0.1, 0.15) is 11.6 Å². The molecule has 6 heterocycles. The van der Waals surface area contributed by atoms with E-state index in [0.717, 1.165) is 62.1 Å². The maximum absolute atomic E-state index is 4.97. The molecule has 48 heavy (non-hydrogen) atoms. The maximum Gasteiger partial charge on any atom is 0.138 e. The highest BCUT2D eigenvalue weighted by atomic mass is 15.2. The Morgan fingerprint density at radius 3 is 1.85 bits per heavy atom. The summed E-state index contributed by atoms with van der Waals surface area (Å²) in [5.74, 6) is 1.67. The van der Waals surface area contributed by atoms with Gasteiger partial charge >= 0.3 is 0 Å². The van der Waals surface area contributed by atoms with E-state index in [2.05, 4.69) is 104 Å². The second kappa shape index (κ2) is 10.4. The lowest BCUT2D eigenvalue weighted by Gasteiger charge is -2.33. The van der Waals surface area contributed by atoms with Crippen molar-refractivity contribution in [2.45, 2.75) is 0 Å². The fraction of sp³-hybridized carbons (Fsp3) is 0. The molecule has 1 aliphatic rings. The van der Waals surface area contributed by atoms with Crippen molar-refractivity contribution in [3.8, 4) is 39.5 Å². The SMILES string of the molecule is c1ccc(-c2ccnc(N3c4cc5c(cc4-c4cccc6cccc3c46)c3ccccc3n5-c3cc(-c4ccccn4)ccn3)c2)nc1. The van der Waals surface area contributed by atoms with Gasteiger partial charge in [0.05, 0.1) is 33.8 Å². The predicted octanol–water partition coefficient (Wildman–Crippen LogP) is 10.3. The Labute approximate surface area is 276 Å². The van der Waals surface area contributed by atoms with Crippen molar-refractivity contribution in [1.82, 2.24) is 24.5 Å². The first-order valence-electron chi connectivity index (χ1n) is 16.0. The van der Waals surface area contributed by atoms with E-state index in [0.29, 0.717) is 0 Å². The van der Waals surface area contributed by atoms with Crippen LogP contribution in [0.1, 0.15) is 0 Å². The van der Waals surface area contributed by atoms with Crippen molar-refractivity contribution >= 4 is 49.8 Å². The summed E-state index contributed by atoms with van der Waals surface area (Å²) in [4.78, 5) is 21.4. The zero-order chi connectivity index (χ0) is 31.6. The summed E-state index contributed by atoms with van der Waals surface area (Å²) < 4.78 is 2.27. The van der Waals surface area contributed by atoms with Crippen molar-refractivity contribution in [3.05, 3.63) is 158 Å². The van der Waals surface area contributed by atoms with Crippen LogP contribution in [0.3, 0.4) is 0 Å². The molecule has 4 aromatic carbocycles. The summed E-state index contributed by atoms with van der Waals surface area (Å²) in [7, 11) is 0. The van der Waals surface area contributed by atoms with Crippen molar-refractivity contribution < 1.29 is 0 Å². The first-order valence-corrected chi connectivity index (χ1v) is 16.0. The Morgan fingerprint density at radius 2 is 1.10 bits per heavy atom. The summed E-state index contributed by atoms with van der Waals surface area (Å²) in [6.07, 6.45) is 7.40. The standard InChI is InChI=1S/C42H26N6/c1-2-15-36-30(11-1)32-25-33-31-12-7-9-27-10-8-16-37(42(27)31)48(41-24-29(18-22-46-41)35-14-4-6-20-44-35)39(33)26-38(32)47(36)40-23-28(17-21-45-40)34-13-3-5-19-43-34/h1-26H. The number of para-hydroxylation sites is 1. The molecule has 0 spiro atoms. The van der Waals surface area contributed by atoms with Crippen LogP contribution >= 0.6 is 0 Å². The lowest BCUT2D eigenvalue weighted by Crippen LogP contribution is -2.16. The van der Waals surface area contributed by atoms with E-state index < -0.39 is 0 Å². The number of hydrogen-bond acceptors (Lipinski definition) is 5. The van der Waals surface area contributed by atoms with Crippen LogP contribution in [0.15, 0.2) is 158 Å². The molecule has 0 atom stereocenters. The zero-order valence-corrected chi connectivity index (χ0v) is 25.7. The van der Waals surface area contributed by atoms with Crippen molar-refractivity contribution in [3.63, 3.8) is 0 Å². The molecule has 0 bridgehead atoms. The highest BCUT2D eigenvalue weighted by Crippen LogP contribution is 2.52. The fourth-order valence-corrected chi connectivity index (χ4v) is 7.23. The second-order valence-electron chi connectivity index (χ2n) is 12.0. The van der Waals surface area contributed by atoms with Gasteiger partial charge in [0, 0.05) is 57.6 Å². The molecule has 0 fully saturated rings. The molecule has 0 aliphatic carbocycles. The minimum Gasteiger partial charge on any atom is -0.294 e. The monoisotopic (exact) mass is 614 g/mol. The fourth-order valence-electron chi connectivity index (χ4n) is 7.23. The topological polar surface area (TPSA) is 59.7 Å². The molecule has 0 saturated heterocycles. The number of fused-ring (bicyclic) bond motifs is 5. The molecule has 0 N–H and O–H groups in total. The number of pyridine rings is 4. The largest absolute Gasteiger partial charge is 0.294 e.